The number of carbonyl (C=O) groups is 2. The number of rotatable bonds is 3. The Morgan fingerprint density at radius 2 is 1.68 bits per heavy atom. The Balaban J connectivity index is 1.88. The summed E-state index contributed by atoms with van der Waals surface area (Å²) in [4.78, 5) is 25.2. The zero-order chi connectivity index (χ0) is 18.0. The van der Waals surface area contributed by atoms with Crippen LogP contribution in [0.25, 0.3) is 11.1 Å². The van der Waals surface area contributed by atoms with Crippen LogP contribution in [0.2, 0.25) is 0 Å². The minimum Gasteiger partial charge on any atom is -0.480 e. The third-order valence-electron chi connectivity index (χ3n) is 4.43. The second kappa shape index (κ2) is 7.01. The smallest absolute Gasteiger partial charge is 0.326 e. The number of carboxylic acid groups (broad SMARTS) is 1. The van der Waals surface area contributed by atoms with Crippen LogP contribution in [0.15, 0.2) is 42.5 Å². The largest absolute Gasteiger partial charge is 0.480 e. The molecular weight excluding hydrogens is 328 g/mol. The maximum atomic E-state index is 14.5. The highest BCUT2D eigenvalue weighted by atomic mass is 19.1. The highest BCUT2D eigenvalue weighted by Crippen LogP contribution is 2.25. The molecule has 0 spiro atoms. The Morgan fingerprint density at radius 1 is 1.00 bits per heavy atom. The summed E-state index contributed by atoms with van der Waals surface area (Å²) < 4.78 is 27.5. The molecule has 130 valence electrons. The van der Waals surface area contributed by atoms with E-state index >= 15 is 0 Å². The molecule has 3 rings (SSSR count). The van der Waals surface area contributed by atoms with Crippen LogP contribution >= 0.6 is 0 Å². The molecule has 1 heterocycles. The van der Waals surface area contributed by atoms with Crippen molar-refractivity contribution in [1.29, 1.82) is 0 Å². The fourth-order valence-corrected chi connectivity index (χ4v) is 3.10. The Morgan fingerprint density at radius 3 is 2.32 bits per heavy atom. The Hall–Kier alpha value is -2.76. The Bertz CT molecular complexity index is 805. The minimum absolute atomic E-state index is 0.154. The van der Waals surface area contributed by atoms with Gasteiger partial charge in [0, 0.05) is 6.54 Å². The predicted octanol–water partition coefficient (Wildman–Crippen LogP) is 3.71. The molecule has 1 N–H and O–H groups in total. The first-order chi connectivity index (χ1) is 12.0. The van der Waals surface area contributed by atoms with Crippen molar-refractivity contribution in [2.75, 3.05) is 6.54 Å². The number of benzene rings is 2. The van der Waals surface area contributed by atoms with Gasteiger partial charge in [-0.05, 0) is 54.7 Å². The van der Waals surface area contributed by atoms with Gasteiger partial charge >= 0.3 is 5.97 Å². The van der Waals surface area contributed by atoms with E-state index in [9.17, 15) is 23.5 Å². The standard InChI is InChI=1S/C19H17F2NO3/c20-14-7-4-12(5-8-14)13-6-9-15(16(21)11-13)18(23)22-10-2-1-3-17(22)19(24)25/h4-9,11,17H,1-3,10H2,(H,24,25)/t17-/m1/s1. The molecule has 1 saturated heterocycles. The van der Waals surface area contributed by atoms with Gasteiger partial charge in [0.1, 0.15) is 17.7 Å². The van der Waals surface area contributed by atoms with Crippen LogP contribution in [0.5, 0.6) is 0 Å². The van der Waals surface area contributed by atoms with Crippen molar-refractivity contribution >= 4 is 11.9 Å². The lowest BCUT2D eigenvalue weighted by Gasteiger charge is -2.33. The second-order valence-corrected chi connectivity index (χ2v) is 6.05. The first-order valence-electron chi connectivity index (χ1n) is 8.06. The average molecular weight is 345 g/mol. The van der Waals surface area contributed by atoms with Crippen LogP contribution in [0.3, 0.4) is 0 Å². The molecule has 1 amide bonds. The van der Waals surface area contributed by atoms with Gasteiger partial charge in [-0.1, -0.05) is 18.2 Å². The molecule has 1 aliphatic rings. The van der Waals surface area contributed by atoms with Gasteiger partial charge < -0.3 is 10.0 Å². The topological polar surface area (TPSA) is 57.6 Å². The number of amides is 1. The molecule has 4 nitrogen and oxygen atoms in total. The van der Waals surface area contributed by atoms with Crippen molar-refractivity contribution in [3.8, 4) is 11.1 Å². The number of likely N-dealkylation sites (tertiary alicyclic amines) is 1. The molecule has 2 aromatic carbocycles. The summed E-state index contributed by atoms with van der Waals surface area (Å²) in [5.41, 5.74) is 0.988. The zero-order valence-electron chi connectivity index (χ0n) is 13.4. The number of carbonyl (C=O) groups excluding carboxylic acids is 1. The molecule has 1 aliphatic heterocycles. The van der Waals surface area contributed by atoms with Gasteiger partial charge in [-0.15, -0.1) is 0 Å². The fraction of sp³-hybridized carbons (Fsp3) is 0.263. The van der Waals surface area contributed by atoms with Crippen LogP contribution < -0.4 is 0 Å². The van der Waals surface area contributed by atoms with Crippen LogP contribution in [0.1, 0.15) is 29.6 Å². The highest BCUT2D eigenvalue weighted by molar-refractivity contribution is 5.97. The SMILES string of the molecule is O=C(O)[C@H]1CCCCN1C(=O)c1ccc(-c2ccc(F)cc2)cc1F. The van der Waals surface area contributed by atoms with Gasteiger partial charge in [-0.2, -0.15) is 0 Å². The molecule has 0 aromatic heterocycles. The van der Waals surface area contributed by atoms with E-state index < -0.39 is 23.7 Å². The van der Waals surface area contributed by atoms with Crippen molar-refractivity contribution in [2.45, 2.75) is 25.3 Å². The van der Waals surface area contributed by atoms with E-state index in [-0.39, 0.29) is 11.4 Å². The number of carboxylic acids is 1. The molecule has 6 heteroatoms. The van der Waals surface area contributed by atoms with Crippen molar-refractivity contribution < 1.29 is 23.5 Å². The van der Waals surface area contributed by atoms with Gasteiger partial charge in [0.25, 0.3) is 5.91 Å². The lowest BCUT2D eigenvalue weighted by Crippen LogP contribution is -2.48. The maximum absolute atomic E-state index is 14.5. The van der Waals surface area contributed by atoms with Crippen molar-refractivity contribution in [2.24, 2.45) is 0 Å². The van der Waals surface area contributed by atoms with Gasteiger partial charge in [0.2, 0.25) is 0 Å². The number of halogens is 2. The average Bonchev–Trinajstić information content (AvgIpc) is 2.61. The lowest BCUT2D eigenvalue weighted by atomic mass is 9.99. The lowest BCUT2D eigenvalue weighted by molar-refractivity contribution is -0.143. The van der Waals surface area contributed by atoms with E-state index in [2.05, 4.69) is 0 Å². The second-order valence-electron chi connectivity index (χ2n) is 6.05. The Kier molecular flexibility index (Phi) is 4.79. The maximum Gasteiger partial charge on any atom is 0.326 e. The predicted molar refractivity (Wildman–Crippen MR) is 88.1 cm³/mol. The molecule has 1 fully saturated rings. The molecule has 25 heavy (non-hydrogen) atoms. The monoisotopic (exact) mass is 345 g/mol. The summed E-state index contributed by atoms with van der Waals surface area (Å²) in [6.07, 6.45) is 1.80. The first kappa shape index (κ1) is 17.1. The van der Waals surface area contributed by atoms with E-state index in [4.69, 9.17) is 0 Å². The summed E-state index contributed by atoms with van der Waals surface area (Å²) in [7, 11) is 0. The third kappa shape index (κ3) is 3.52. The molecule has 0 bridgehead atoms. The molecule has 1 atom stereocenters. The molecule has 2 aromatic rings. The van der Waals surface area contributed by atoms with E-state index in [1.54, 1.807) is 6.07 Å². The normalized spacial score (nSPS) is 17.4. The fourth-order valence-electron chi connectivity index (χ4n) is 3.10. The number of aliphatic carboxylic acids is 1. The van der Waals surface area contributed by atoms with Crippen molar-refractivity contribution in [3.05, 3.63) is 59.7 Å². The van der Waals surface area contributed by atoms with E-state index in [1.165, 1.54) is 41.3 Å². The molecule has 0 radical (unpaired) electrons. The molecule has 0 unspecified atom stereocenters. The summed E-state index contributed by atoms with van der Waals surface area (Å²) in [5, 5.41) is 9.27. The quantitative estimate of drug-likeness (QED) is 0.923. The summed E-state index contributed by atoms with van der Waals surface area (Å²) in [6, 6.07) is 8.81. The van der Waals surface area contributed by atoms with Gasteiger partial charge in [-0.3, -0.25) is 4.79 Å². The van der Waals surface area contributed by atoms with Crippen LogP contribution in [-0.2, 0) is 4.79 Å². The first-order valence-corrected chi connectivity index (χ1v) is 8.06. The molecule has 0 saturated carbocycles. The van der Waals surface area contributed by atoms with Crippen LogP contribution in [0.4, 0.5) is 8.78 Å². The minimum atomic E-state index is -1.07. The molecule has 0 aliphatic carbocycles. The number of hydrogen-bond acceptors (Lipinski definition) is 2. The molecular formula is C19H17F2NO3. The number of piperidine rings is 1. The highest BCUT2D eigenvalue weighted by Gasteiger charge is 2.33. The van der Waals surface area contributed by atoms with Gasteiger partial charge in [0.15, 0.2) is 0 Å². The van der Waals surface area contributed by atoms with Crippen molar-refractivity contribution in [1.82, 2.24) is 4.90 Å². The van der Waals surface area contributed by atoms with Crippen LogP contribution in [0, 0.1) is 11.6 Å². The van der Waals surface area contributed by atoms with Gasteiger partial charge in [0.05, 0.1) is 5.56 Å². The number of nitrogens with zero attached hydrogens (tertiary/aromatic N) is 1. The van der Waals surface area contributed by atoms with E-state index in [0.29, 0.717) is 30.5 Å². The summed E-state index contributed by atoms with van der Waals surface area (Å²) >= 11 is 0. The van der Waals surface area contributed by atoms with Crippen molar-refractivity contribution in [3.63, 3.8) is 0 Å². The summed E-state index contributed by atoms with van der Waals surface area (Å²) in [5.74, 6) is -2.80. The third-order valence-corrected chi connectivity index (χ3v) is 4.43. The van der Waals surface area contributed by atoms with E-state index in [0.717, 1.165) is 6.42 Å². The Labute approximate surface area is 143 Å². The number of hydrogen-bond donors (Lipinski definition) is 1. The van der Waals surface area contributed by atoms with E-state index in [1.807, 2.05) is 0 Å². The zero-order valence-corrected chi connectivity index (χ0v) is 13.4. The van der Waals surface area contributed by atoms with Crippen LogP contribution in [-0.4, -0.2) is 34.5 Å². The summed E-state index contributed by atoms with van der Waals surface area (Å²) in [6.45, 7) is 0.301. The van der Waals surface area contributed by atoms with Gasteiger partial charge in [-0.25, -0.2) is 13.6 Å².